The van der Waals surface area contributed by atoms with Gasteiger partial charge in [0.2, 0.25) is 0 Å². The van der Waals surface area contributed by atoms with E-state index in [9.17, 15) is 0 Å². The van der Waals surface area contributed by atoms with E-state index in [0.29, 0.717) is 12.1 Å². The van der Waals surface area contributed by atoms with Crippen LogP contribution in [0.4, 0.5) is 0 Å². The second kappa shape index (κ2) is 5.65. The molecule has 1 aliphatic carbocycles. The number of rotatable bonds is 4. The number of nitrogens with two attached hydrogens (primary N) is 1. The molecule has 2 rings (SSSR count). The summed E-state index contributed by atoms with van der Waals surface area (Å²) in [7, 11) is 0. The first-order valence-electron chi connectivity index (χ1n) is 6.72. The summed E-state index contributed by atoms with van der Waals surface area (Å²) in [6.45, 7) is 5.39. The summed E-state index contributed by atoms with van der Waals surface area (Å²) >= 11 is 0. The third-order valence-electron chi connectivity index (χ3n) is 3.87. The lowest BCUT2D eigenvalue weighted by atomic mass is 10.0. The third-order valence-corrected chi connectivity index (χ3v) is 3.87. The zero-order chi connectivity index (χ0) is 12.3. The Labute approximate surface area is 105 Å². The first kappa shape index (κ1) is 12.6. The lowest BCUT2D eigenvalue weighted by Crippen LogP contribution is -2.41. The summed E-state index contributed by atoms with van der Waals surface area (Å²) in [4.78, 5) is 0. The Bertz CT molecular complexity index is 373. The van der Waals surface area contributed by atoms with E-state index in [0.717, 1.165) is 13.0 Å². The van der Waals surface area contributed by atoms with Crippen molar-refractivity contribution in [3.8, 4) is 0 Å². The summed E-state index contributed by atoms with van der Waals surface area (Å²) < 4.78 is 0. The number of hydrogen-bond donors (Lipinski definition) is 2. The van der Waals surface area contributed by atoms with Gasteiger partial charge in [0.15, 0.2) is 0 Å². The van der Waals surface area contributed by atoms with Gasteiger partial charge in [0, 0.05) is 12.1 Å². The molecule has 1 aliphatic rings. The number of aryl methyl sites for hydroxylation is 2. The van der Waals surface area contributed by atoms with Gasteiger partial charge in [0.25, 0.3) is 0 Å². The normalized spacial score (nSPS) is 24.2. The van der Waals surface area contributed by atoms with Gasteiger partial charge in [0.05, 0.1) is 0 Å². The van der Waals surface area contributed by atoms with Crippen molar-refractivity contribution in [1.29, 1.82) is 0 Å². The maximum atomic E-state index is 6.05. The molecule has 0 amide bonds. The maximum absolute atomic E-state index is 6.05. The van der Waals surface area contributed by atoms with E-state index in [-0.39, 0.29) is 0 Å². The van der Waals surface area contributed by atoms with E-state index in [4.69, 9.17) is 5.73 Å². The van der Waals surface area contributed by atoms with Crippen LogP contribution in [0.3, 0.4) is 0 Å². The van der Waals surface area contributed by atoms with Gasteiger partial charge in [-0.05, 0) is 50.8 Å². The maximum Gasteiger partial charge on any atom is 0.0219 e. The number of benzene rings is 1. The molecule has 3 N–H and O–H groups in total. The highest BCUT2D eigenvalue weighted by Crippen LogP contribution is 2.17. The minimum absolute atomic E-state index is 0.369. The molecular weight excluding hydrogens is 208 g/mol. The molecule has 2 nitrogen and oxygen atoms in total. The first-order valence-corrected chi connectivity index (χ1v) is 6.72. The fourth-order valence-corrected chi connectivity index (χ4v) is 2.70. The van der Waals surface area contributed by atoms with Crippen LogP contribution in [0.5, 0.6) is 0 Å². The summed E-state index contributed by atoms with van der Waals surface area (Å²) in [6, 6.07) is 7.60. The quantitative estimate of drug-likeness (QED) is 0.836. The molecule has 0 aliphatic heterocycles. The van der Waals surface area contributed by atoms with Gasteiger partial charge in [-0.2, -0.15) is 0 Å². The van der Waals surface area contributed by atoms with Crippen molar-refractivity contribution in [3.63, 3.8) is 0 Å². The van der Waals surface area contributed by atoms with E-state index in [2.05, 4.69) is 37.4 Å². The van der Waals surface area contributed by atoms with Gasteiger partial charge >= 0.3 is 0 Å². The molecule has 17 heavy (non-hydrogen) atoms. The summed E-state index contributed by atoms with van der Waals surface area (Å²) in [5.74, 6) is 0. The molecule has 0 saturated heterocycles. The highest BCUT2D eigenvalue weighted by atomic mass is 15.0. The molecule has 0 bridgehead atoms. The number of hydrogen-bond acceptors (Lipinski definition) is 2. The molecule has 1 aromatic carbocycles. The molecule has 0 spiro atoms. The monoisotopic (exact) mass is 232 g/mol. The fraction of sp³-hybridized carbons (Fsp3) is 0.600. The molecule has 1 fully saturated rings. The van der Waals surface area contributed by atoms with Crippen LogP contribution in [0.1, 0.15) is 36.0 Å². The largest absolute Gasteiger partial charge is 0.326 e. The standard InChI is InChI=1S/C15H24N2/c1-11-6-7-12(2)13(10-11)8-9-17-15-5-3-4-14(15)16/h6-7,10,14-15,17H,3-5,8-9,16H2,1-2H3. The summed E-state index contributed by atoms with van der Waals surface area (Å²) in [6.07, 6.45) is 4.81. The van der Waals surface area contributed by atoms with Crippen LogP contribution in [-0.4, -0.2) is 18.6 Å². The van der Waals surface area contributed by atoms with Gasteiger partial charge in [-0.15, -0.1) is 0 Å². The van der Waals surface area contributed by atoms with Crippen LogP contribution < -0.4 is 11.1 Å². The molecule has 0 aromatic heterocycles. The van der Waals surface area contributed by atoms with Crippen molar-refractivity contribution < 1.29 is 0 Å². The highest BCUT2D eigenvalue weighted by Gasteiger charge is 2.22. The van der Waals surface area contributed by atoms with Gasteiger partial charge in [-0.1, -0.05) is 30.2 Å². The number of nitrogens with one attached hydrogen (secondary N) is 1. The van der Waals surface area contributed by atoms with Gasteiger partial charge in [-0.25, -0.2) is 0 Å². The average Bonchev–Trinajstić information content (AvgIpc) is 2.70. The Morgan fingerprint density at radius 3 is 2.82 bits per heavy atom. The van der Waals surface area contributed by atoms with Crippen molar-refractivity contribution in [2.45, 2.75) is 51.6 Å². The second-order valence-electron chi connectivity index (χ2n) is 5.34. The molecule has 1 saturated carbocycles. The molecule has 94 valence electrons. The van der Waals surface area contributed by atoms with E-state index in [1.807, 2.05) is 0 Å². The molecule has 2 heteroatoms. The van der Waals surface area contributed by atoms with E-state index in [1.54, 1.807) is 0 Å². The highest BCUT2D eigenvalue weighted by molar-refractivity contribution is 5.30. The van der Waals surface area contributed by atoms with Crippen LogP contribution >= 0.6 is 0 Å². The van der Waals surface area contributed by atoms with Crippen molar-refractivity contribution in [3.05, 3.63) is 34.9 Å². The molecule has 1 aromatic rings. The Hall–Kier alpha value is -0.860. The predicted molar refractivity (Wildman–Crippen MR) is 73.2 cm³/mol. The molecule has 2 unspecified atom stereocenters. The van der Waals surface area contributed by atoms with Crippen molar-refractivity contribution >= 4 is 0 Å². The Balaban J connectivity index is 1.83. The predicted octanol–water partition coefficient (Wildman–Crippen LogP) is 2.32. The zero-order valence-electron chi connectivity index (χ0n) is 11.0. The van der Waals surface area contributed by atoms with Gasteiger partial charge < -0.3 is 11.1 Å². The molecular formula is C15H24N2. The summed E-state index contributed by atoms with van der Waals surface area (Å²) in [5.41, 5.74) is 10.3. The average molecular weight is 232 g/mol. The first-order chi connectivity index (χ1) is 8.16. The van der Waals surface area contributed by atoms with Crippen molar-refractivity contribution in [2.24, 2.45) is 5.73 Å². The lowest BCUT2D eigenvalue weighted by Gasteiger charge is -2.17. The van der Waals surface area contributed by atoms with E-state index in [1.165, 1.54) is 36.0 Å². The molecule has 2 atom stereocenters. The Kier molecular flexibility index (Phi) is 4.19. The zero-order valence-corrected chi connectivity index (χ0v) is 11.0. The second-order valence-corrected chi connectivity index (χ2v) is 5.34. The third kappa shape index (κ3) is 3.30. The molecule has 0 radical (unpaired) electrons. The minimum Gasteiger partial charge on any atom is -0.326 e. The Morgan fingerprint density at radius 2 is 2.12 bits per heavy atom. The van der Waals surface area contributed by atoms with E-state index < -0.39 is 0 Å². The van der Waals surface area contributed by atoms with Crippen LogP contribution in [0.2, 0.25) is 0 Å². The van der Waals surface area contributed by atoms with Crippen LogP contribution in [0.15, 0.2) is 18.2 Å². The topological polar surface area (TPSA) is 38.0 Å². The van der Waals surface area contributed by atoms with Crippen LogP contribution in [0.25, 0.3) is 0 Å². The Morgan fingerprint density at radius 1 is 1.29 bits per heavy atom. The van der Waals surface area contributed by atoms with E-state index >= 15 is 0 Å². The SMILES string of the molecule is Cc1ccc(C)c(CCNC2CCCC2N)c1. The lowest BCUT2D eigenvalue weighted by molar-refractivity contribution is 0.479. The van der Waals surface area contributed by atoms with Gasteiger partial charge in [-0.3, -0.25) is 0 Å². The van der Waals surface area contributed by atoms with Crippen LogP contribution in [-0.2, 0) is 6.42 Å². The molecule has 0 heterocycles. The van der Waals surface area contributed by atoms with Crippen LogP contribution in [0, 0.1) is 13.8 Å². The minimum atomic E-state index is 0.369. The fourth-order valence-electron chi connectivity index (χ4n) is 2.70. The van der Waals surface area contributed by atoms with Crippen molar-refractivity contribution in [1.82, 2.24) is 5.32 Å². The van der Waals surface area contributed by atoms with Crippen molar-refractivity contribution in [2.75, 3.05) is 6.54 Å². The van der Waals surface area contributed by atoms with Gasteiger partial charge in [0.1, 0.15) is 0 Å². The smallest absolute Gasteiger partial charge is 0.0219 e. The summed E-state index contributed by atoms with van der Waals surface area (Å²) in [5, 5.41) is 3.60.